The van der Waals surface area contributed by atoms with Crippen LogP contribution in [0.25, 0.3) is 6.08 Å². The van der Waals surface area contributed by atoms with Gasteiger partial charge in [-0.3, -0.25) is 0 Å². The van der Waals surface area contributed by atoms with E-state index < -0.39 is 0 Å². The SMILES string of the molecule is COc1ccc(C(/C=C/c2ccccc2F)=N/O)c(Cl)c1Cl. The van der Waals surface area contributed by atoms with Gasteiger partial charge in [0.2, 0.25) is 0 Å². The number of benzene rings is 2. The van der Waals surface area contributed by atoms with Crippen molar-refractivity contribution in [1.82, 2.24) is 0 Å². The van der Waals surface area contributed by atoms with Gasteiger partial charge in [-0.05, 0) is 30.4 Å². The van der Waals surface area contributed by atoms with Crippen LogP contribution in [0.3, 0.4) is 0 Å². The first-order chi connectivity index (χ1) is 10.6. The Morgan fingerprint density at radius 1 is 1.18 bits per heavy atom. The zero-order chi connectivity index (χ0) is 16.1. The van der Waals surface area contributed by atoms with Crippen LogP contribution in [0.1, 0.15) is 11.1 Å². The molecule has 0 unspecified atom stereocenters. The Balaban J connectivity index is 2.38. The summed E-state index contributed by atoms with van der Waals surface area (Å²) in [7, 11) is 1.47. The molecule has 22 heavy (non-hydrogen) atoms. The van der Waals surface area contributed by atoms with Crippen LogP contribution in [0.4, 0.5) is 4.39 Å². The number of methoxy groups -OCH3 is 1. The minimum Gasteiger partial charge on any atom is -0.495 e. The largest absolute Gasteiger partial charge is 0.495 e. The minimum atomic E-state index is -0.380. The van der Waals surface area contributed by atoms with Gasteiger partial charge in [-0.2, -0.15) is 0 Å². The lowest BCUT2D eigenvalue weighted by Gasteiger charge is -2.09. The molecule has 2 aromatic rings. The van der Waals surface area contributed by atoms with Crippen LogP contribution in [0.2, 0.25) is 10.0 Å². The second kappa shape index (κ2) is 7.29. The maximum absolute atomic E-state index is 13.6. The van der Waals surface area contributed by atoms with Crippen LogP contribution in [0, 0.1) is 5.82 Å². The molecule has 2 aromatic carbocycles. The fourth-order valence-electron chi connectivity index (χ4n) is 1.84. The van der Waals surface area contributed by atoms with E-state index >= 15 is 0 Å². The number of hydrogen-bond acceptors (Lipinski definition) is 3. The predicted molar refractivity (Wildman–Crippen MR) is 86.8 cm³/mol. The minimum absolute atomic E-state index is 0.151. The standard InChI is InChI=1S/C16H12Cl2FNO2/c1-22-14-9-7-11(15(17)16(14)18)13(20-21)8-6-10-4-2-3-5-12(10)19/h2-9,21H,1H3/b8-6+,20-13+. The van der Waals surface area contributed by atoms with Crippen molar-refractivity contribution >= 4 is 35.0 Å². The number of rotatable bonds is 4. The van der Waals surface area contributed by atoms with Gasteiger partial charge < -0.3 is 9.94 Å². The fourth-order valence-corrected chi connectivity index (χ4v) is 2.34. The summed E-state index contributed by atoms with van der Waals surface area (Å²) in [5.41, 5.74) is 0.916. The van der Waals surface area contributed by atoms with E-state index in [2.05, 4.69) is 5.16 Å². The summed E-state index contributed by atoms with van der Waals surface area (Å²) in [5, 5.41) is 12.8. The van der Waals surface area contributed by atoms with Crippen molar-refractivity contribution < 1.29 is 14.3 Å². The van der Waals surface area contributed by atoms with Gasteiger partial charge in [0.05, 0.1) is 12.1 Å². The Hall–Kier alpha value is -2.04. The lowest BCUT2D eigenvalue weighted by molar-refractivity contribution is 0.320. The first-order valence-electron chi connectivity index (χ1n) is 6.25. The molecule has 0 spiro atoms. The molecule has 0 saturated carbocycles. The molecule has 2 rings (SSSR count). The second-order valence-corrected chi connectivity index (χ2v) is 5.04. The third-order valence-corrected chi connectivity index (χ3v) is 3.84. The summed E-state index contributed by atoms with van der Waals surface area (Å²) < 4.78 is 18.6. The van der Waals surface area contributed by atoms with E-state index in [1.54, 1.807) is 30.3 Å². The number of allylic oxidation sites excluding steroid dienone is 1. The molecule has 0 aliphatic carbocycles. The molecule has 0 bridgehead atoms. The molecular formula is C16H12Cl2FNO2. The van der Waals surface area contributed by atoms with Gasteiger partial charge in [-0.25, -0.2) is 4.39 Å². The Kier molecular flexibility index (Phi) is 5.41. The number of oxime groups is 1. The number of ether oxygens (including phenoxy) is 1. The van der Waals surface area contributed by atoms with Crippen LogP contribution in [0.15, 0.2) is 47.6 Å². The molecule has 0 saturated heterocycles. The maximum atomic E-state index is 13.6. The first-order valence-corrected chi connectivity index (χ1v) is 7.01. The maximum Gasteiger partial charge on any atom is 0.139 e. The smallest absolute Gasteiger partial charge is 0.139 e. The van der Waals surface area contributed by atoms with E-state index in [-0.39, 0.29) is 21.6 Å². The van der Waals surface area contributed by atoms with Crippen molar-refractivity contribution in [1.29, 1.82) is 0 Å². The van der Waals surface area contributed by atoms with E-state index in [0.717, 1.165) is 0 Å². The zero-order valence-electron chi connectivity index (χ0n) is 11.6. The van der Waals surface area contributed by atoms with E-state index in [0.29, 0.717) is 16.9 Å². The topological polar surface area (TPSA) is 41.8 Å². The van der Waals surface area contributed by atoms with Crippen molar-refractivity contribution in [3.63, 3.8) is 0 Å². The molecule has 0 aliphatic rings. The van der Waals surface area contributed by atoms with Gasteiger partial charge in [0.25, 0.3) is 0 Å². The predicted octanol–water partition coefficient (Wildman–Crippen LogP) is 5.03. The summed E-state index contributed by atoms with van der Waals surface area (Å²) in [4.78, 5) is 0. The Bertz CT molecular complexity index is 745. The zero-order valence-corrected chi connectivity index (χ0v) is 13.1. The van der Waals surface area contributed by atoms with Crippen LogP contribution in [-0.2, 0) is 0 Å². The summed E-state index contributed by atoms with van der Waals surface area (Å²) in [6.07, 6.45) is 2.93. The van der Waals surface area contributed by atoms with Crippen LogP contribution in [0.5, 0.6) is 5.75 Å². The summed E-state index contributed by atoms with van der Waals surface area (Å²) in [5.74, 6) is 0.0284. The molecule has 0 aromatic heterocycles. The van der Waals surface area contributed by atoms with E-state index in [4.69, 9.17) is 27.9 Å². The Morgan fingerprint density at radius 3 is 2.55 bits per heavy atom. The highest BCUT2D eigenvalue weighted by Crippen LogP contribution is 2.35. The second-order valence-electron chi connectivity index (χ2n) is 4.28. The normalized spacial score (nSPS) is 11.9. The monoisotopic (exact) mass is 339 g/mol. The summed E-state index contributed by atoms with van der Waals surface area (Å²) in [6.45, 7) is 0. The van der Waals surface area contributed by atoms with Crippen molar-refractivity contribution in [2.45, 2.75) is 0 Å². The van der Waals surface area contributed by atoms with E-state index in [1.165, 1.54) is 25.3 Å². The number of nitrogens with zero attached hydrogens (tertiary/aromatic N) is 1. The molecule has 6 heteroatoms. The van der Waals surface area contributed by atoms with E-state index in [1.807, 2.05) is 0 Å². The lowest BCUT2D eigenvalue weighted by Crippen LogP contribution is -1.99. The number of hydrogen-bond donors (Lipinski definition) is 1. The highest BCUT2D eigenvalue weighted by atomic mass is 35.5. The average molecular weight is 340 g/mol. The molecule has 1 N–H and O–H groups in total. The molecular weight excluding hydrogens is 328 g/mol. The van der Waals surface area contributed by atoms with Crippen LogP contribution >= 0.6 is 23.2 Å². The number of halogens is 3. The molecule has 0 amide bonds. The van der Waals surface area contributed by atoms with Crippen molar-refractivity contribution in [3.8, 4) is 5.75 Å². The molecule has 0 fully saturated rings. The molecule has 0 radical (unpaired) electrons. The average Bonchev–Trinajstić information content (AvgIpc) is 2.53. The van der Waals surface area contributed by atoms with Crippen LogP contribution in [-0.4, -0.2) is 18.0 Å². The van der Waals surface area contributed by atoms with Crippen molar-refractivity contribution in [2.24, 2.45) is 5.16 Å². The Labute approximate surface area is 137 Å². The van der Waals surface area contributed by atoms with Gasteiger partial charge in [-0.1, -0.05) is 46.6 Å². The van der Waals surface area contributed by atoms with Crippen molar-refractivity contribution in [2.75, 3.05) is 7.11 Å². The highest BCUT2D eigenvalue weighted by molar-refractivity contribution is 6.45. The molecule has 3 nitrogen and oxygen atoms in total. The Morgan fingerprint density at radius 2 is 1.91 bits per heavy atom. The quantitative estimate of drug-likeness (QED) is 0.482. The summed E-state index contributed by atoms with van der Waals surface area (Å²) in [6, 6.07) is 9.44. The van der Waals surface area contributed by atoms with Crippen molar-refractivity contribution in [3.05, 3.63) is 69.5 Å². The third-order valence-electron chi connectivity index (χ3n) is 2.98. The summed E-state index contributed by atoms with van der Waals surface area (Å²) >= 11 is 12.2. The molecule has 114 valence electrons. The fraction of sp³-hybridized carbons (Fsp3) is 0.0625. The highest BCUT2D eigenvalue weighted by Gasteiger charge is 2.14. The first kappa shape index (κ1) is 16.3. The van der Waals surface area contributed by atoms with Gasteiger partial charge in [-0.15, -0.1) is 0 Å². The molecule has 0 heterocycles. The molecule has 0 atom stereocenters. The third kappa shape index (κ3) is 3.40. The lowest BCUT2D eigenvalue weighted by atomic mass is 10.1. The van der Waals surface area contributed by atoms with Gasteiger partial charge in [0.1, 0.15) is 22.3 Å². The molecule has 0 aliphatic heterocycles. The van der Waals surface area contributed by atoms with E-state index in [9.17, 15) is 9.60 Å². The van der Waals surface area contributed by atoms with Crippen LogP contribution < -0.4 is 4.74 Å². The van der Waals surface area contributed by atoms with Gasteiger partial charge in [0.15, 0.2) is 0 Å². The van der Waals surface area contributed by atoms with Gasteiger partial charge >= 0.3 is 0 Å². The van der Waals surface area contributed by atoms with Gasteiger partial charge in [0, 0.05) is 11.1 Å².